The van der Waals surface area contributed by atoms with Crippen molar-refractivity contribution >= 4 is 40.9 Å². The van der Waals surface area contributed by atoms with Crippen LogP contribution in [0.15, 0.2) is 41.6 Å². The fourth-order valence-electron chi connectivity index (χ4n) is 2.13. The highest BCUT2D eigenvalue weighted by atomic mass is 35.5. The van der Waals surface area contributed by atoms with Gasteiger partial charge in [-0.15, -0.1) is 11.8 Å². The lowest BCUT2D eigenvalue weighted by Crippen LogP contribution is -2.30. The second-order valence-electron chi connectivity index (χ2n) is 4.82. The molecule has 0 saturated carbocycles. The molecule has 0 fully saturated rings. The van der Waals surface area contributed by atoms with Crippen molar-refractivity contribution < 1.29 is 4.79 Å². The molecule has 1 unspecified atom stereocenters. The Morgan fingerprint density at radius 3 is 2.68 bits per heavy atom. The van der Waals surface area contributed by atoms with Crippen molar-refractivity contribution in [3.63, 3.8) is 0 Å². The Kier molecular flexibility index (Phi) is 5.73. The molecule has 0 saturated heterocycles. The van der Waals surface area contributed by atoms with Crippen LogP contribution in [0.4, 0.5) is 0 Å². The summed E-state index contributed by atoms with van der Waals surface area (Å²) in [6.45, 7) is 1.93. The molecule has 0 spiro atoms. The van der Waals surface area contributed by atoms with Gasteiger partial charge in [-0.2, -0.15) is 0 Å². The molecule has 2 aromatic rings. The summed E-state index contributed by atoms with van der Waals surface area (Å²) >= 11 is 13.6. The molecular weight excluding hydrogens is 339 g/mol. The number of carbonyl (C=O) groups excluding carboxylic acids is 1. The zero-order valence-corrected chi connectivity index (χ0v) is 14.8. The molecule has 0 aliphatic carbocycles. The maximum Gasteiger partial charge on any atom is 0.256 e. The highest BCUT2D eigenvalue weighted by molar-refractivity contribution is 7.98. The summed E-state index contributed by atoms with van der Waals surface area (Å²) in [6.07, 6.45) is 3.58. The molecule has 0 N–H and O–H groups in total. The summed E-state index contributed by atoms with van der Waals surface area (Å²) in [7, 11) is 1.76. The van der Waals surface area contributed by atoms with Crippen molar-refractivity contribution in [3.8, 4) is 0 Å². The number of rotatable bonds is 4. The number of pyridine rings is 1. The smallest absolute Gasteiger partial charge is 0.256 e. The first kappa shape index (κ1) is 17.1. The zero-order valence-electron chi connectivity index (χ0n) is 12.5. The van der Waals surface area contributed by atoms with Crippen molar-refractivity contribution in [1.29, 1.82) is 0 Å². The van der Waals surface area contributed by atoms with Crippen LogP contribution in [0.2, 0.25) is 10.0 Å². The van der Waals surface area contributed by atoms with Crippen LogP contribution in [-0.2, 0) is 0 Å². The molecule has 6 heteroatoms. The summed E-state index contributed by atoms with van der Waals surface area (Å²) in [5.41, 5.74) is 1.45. The van der Waals surface area contributed by atoms with Crippen molar-refractivity contribution in [2.45, 2.75) is 18.0 Å². The topological polar surface area (TPSA) is 33.2 Å². The molecule has 3 nitrogen and oxygen atoms in total. The number of thioether (sulfide) groups is 1. The molecule has 1 atom stereocenters. The fraction of sp³-hybridized carbons (Fsp3) is 0.250. The fourth-order valence-corrected chi connectivity index (χ4v) is 3.24. The van der Waals surface area contributed by atoms with E-state index in [4.69, 9.17) is 23.2 Å². The third kappa shape index (κ3) is 3.57. The van der Waals surface area contributed by atoms with E-state index in [1.54, 1.807) is 42.4 Å². The highest BCUT2D eigenvalue weighted by Crippen LogP contribution is 2.30. The van der Waals surface area contributed by atoms with E-state index in [0.29, 0.717) is 20.6 Å². The minimum atomic E-state index is -0.174. The molecule has 0 aliphatic heterocycles. The van der Waals surface area contributed by atoms with Crippen LogP contribution in [0.1, 0.15) is 28.9 Å². The third-order valence-corrected chi connectivity index (χ3v) is 4.78. The Hall–Kier alpha value is -1.23. The van der Waals surface area contributed by atoms with E-state index in [1.165, 1.54) is 11.8 Å². The van der Waals surface area contributed by atoms with Crippen LogP contribution >= 0.6 is 35.0 Å². The van der Waals surface area contributed by atoms with Crippen LogP contribution < -0.4 is 0 Å². The number of hydrogen-bond acceptors (Lipinski definition) is 3. The standard InChI is InChI=1S/C16H16Cl2N2OS/c1-10(12-7-6-11(17)9-14(12)18)20(2)16(21)13-5-4-8-19-15(13)22-3/h4-10H,1-3H3. The van der Waals surface area contributed by atoms with Gasteiger partial charge in [-0.1, -0.05) is 29.3 Å². The number of hydrogen-bond donors (Lipinski definition) is 0. The summed E-state index contributed by atoms with van der Waals surface area (Å²) in [5, 5.41) is 1.84. The number of aromatic nitrogens is 1. The summed E-state index contributed by atoms with van der Waals surface area (Å²) in [5.74, 6) is -0.0871. The molecule has 1 heterocycles. The molecule has 0 bridgehead atoms. The lowest BCUT2D eigenvalue weighted by molar-refractivity contribution is 0.0738. The van der Waals surface area contributed by atoms with Gasteiger partial charge in [0.1, 0.15) is 5.03 Å². The predicted molar refractivity (Wildman–Crippen MR) is 93.0 cm³/mol. The van der Waals surface area contributed by atoms with Gasteiger partial charge in [0.2, 0.25) is 0 Å². The van der Waals surface area contributed by atoms with E-state index >= 15 is 0 Å². The predicted octanol–water partition coefficient (Wildman–Crippen LogP) is 4.94. The second-order valence-corrected chi connectivity index (χ2v) is 6.46. The number of benzene rings is 1. The van der Waals surface area contributed by atoms with Crippen LogP contribution in [0.3, 0.4) is 0 Å². The normalized spacial score (nSPS) is 12.0. The molecule has 1 aromatic carbocycles. The van der Waals surface area contributed by atoms with E-state index in [1.807, 2.05) is 19.2 Å². The molecule has 2 rings (SSSR count). The Bertz CT molecular complexity index is 694. The van der Waals surface area contributed by atoms with E-state index in [9.17, 15) is 4.79 Å². The summed E-state index contributed by atoms with van der Waals surface area (Å²) in [4.78, 5) is 18.6. The minimum Gasteiger partial charge on any atom is -0.335 e. The maximum absolute atomic E-state index is 12.7. The van der Waals surface area contributed by atoms with Gasteiger partial charge >= 0.3 is 0 Å². The van der Waals surface area contributed by atoms with Crippen molar-refractivity contribution in [2.75, 3.05) is 13.3 Å². The van der Waals surface area contributed by atoms with E-state index in [2.05, 4.69) is 4.98 Å². The van der Waals surface area contributed by atoms with Crippen LogP contribution in [-0.4, -0.2) is 29.1 Å². The van der Waals surface area contributed by atoms with Crippen LogP contribution in [0, 0.1) is 0 Å². The summed E-state index contributed by atoms with van der Waals surface area (Å²) in [6, 6.07) is 8.68. The van der Waals surface area contributed by atoms with Gasteiger partial charge in [-0.05, 0) is 43.0 Å². The Morgan fingerprint density at radius 1 is 1.32 bits per heavy atom. The molecule has 0 aliphatic rings. The average Bonchev–Trinajstić information content (AvgIpc) is 2.52. The first-order valence-corrected chi connectivity index (χ1v) is 8.65. The van der Waals surface area contributed by atoms with Gasteiger partial charge in [-0.25, -0.2) is 4.98 Å². The van der Waals surface area contributed by atoms with Crippen LogP contribution in [0.5, 0.6) is 0 Å². The van der Waals surface area contributed by atoms with Crippen molar-refractivity contribution in [1.82, 2.24) is 9.88 Å². The molecule has 0 radical (unpaired) electrons. The molecule has 22 heavy (non-hydrogen) atoms. The average molecular weight is 355 g/mol. The lowest BCUT2D eigenvalue weighted by atomic mass is 10.1. The van der Waals surface area contributed by atoms with Gasteiger partial charge in [-0.3, -0.25) is 4.79 Å². The van der Waals surface area contributed by atoms with Gasteiger partial charge in [0.25, 0.3) is 5.91 Å². The number of carbonyl (C=O) groups is 1. The molecule has 1 aromatic heterocycles. The van der Waals surface area contributed by atoms with Gasteiger partial charge in [0.05, 0.1) is 11.6 Å². The molecular formula is C16H16Cl2N2OS. The highest BCUT2D eigenvalue weighted by Gasteiger charge is 2.23. The quantitative estimate of drug-likeness (QED) is 0.728. The first-order valence-electron chi connectivity index (χ1n) is 6.66. The summed E-state index contributed by atoms with van der Waals surface area (Å²) < 4.78 is 0. The number of halogens is 2. The van der Waals surface area contributed by atoms with Crippen LogP contribution in [0.25, 0.3) is 0 Å². The number of amides is 1. The SMILES string of the molecule is CSc1ncccc1C(=O)N(C)C(C)c1ccc(Cl)cc1Cl. The Labute approximate surface area is 144 Å². The van der Waals surface area contributed by atoms with E-state index < -0.39 is 0 Å². The van der Waals surface area contributed by atoms with Crippen molar-refractivity contribution in [2.24, 2.45) is 0 Å². The second kappa shape index (κ2) is 7.36. The minimum absolute atomic E-state index is 0.0871. The lowest BCUT2D eigenvalue weighted by Gasteiger charge is -2.26. The van der Waals surface area contributed by atoms with Gasteiger partial charge < -0.3 is 4.90 Å². The zero-order chi connectivity index (χ0) is 16.3. The first-order chi connectivity index (χ1) is 10.5. The molecule has 116 valence electrons. The van der Waals surface area contributed by atoms with E-state index in [-0.39, 0.29) is 11.9 Å². The molecule has 1 amide bonds. The third-order valence-electron chi connectivity index (χ3n) is 3.51. The Balaban J connectivity index is 2.30. The van der Waals surface area contributed by atoms with E-state index in [0.717, 1.165) is 5.56 Å². The van der Waals surface area contributed by atoms with Crippen molar-refractivity contribution in [3.05, 3.63) is 57.7 Å². The van der Waals surface area contributed by atoms with Gasteiger partial charge in [0.15, 0.2) is 0 Å². The number of nitrogens with zero attached hydrogens (tertiary/aromatic N) is 2. The Morgan fingerprint density at radius 2 is 2.05 bits per heavy atom. The van der Waals surface area contributed by atoms with Gasteiger partial charge in [0, 0.05) is 23.3 Å². The largest absolute Gasteiger partial charge is 0.335 e. The monoisotopic (exact) mass is 354 g/mol. The maximum atomic E-state index is 12.7.